The Morgan fingerprint density at radius 2 is 1.43 bits per heavy atom. The normalized spacial score (nSPS) is 14.0. The average molecular weight is 291 g/mol. The zero-order valence-corrected chi connectivity index (χ0v) is 14.7. The lowest BCUT2D eigenvalue weighted by atomic mass is 10.1. The third-order valence-electron chi connectivity index (χ3n) is 4.38. The van der Waals surface area contributed by atoms with Crippen molar-refractivity contribution in [3.63, 3.8) is 0 Å². The van der Waals surface area contributed by atoms with E-state index in [1.807, 2.05) is 6.08 Å². The summed E-state index contributed by atoms with van der Waals surface area (Å²) in [5.41, 5.74) is 4.67. The van der Waals surface area contributed by atoms with Gasteiger partial charge in [-0.3, -0.25) is 0 Å². The molecule has 0 atom stereocenters. The second-order valence-electron chi connectivity index (χ2n) is 7.19. The molecule has 0 heterocycles. The van der Waals surface area contributed by atoms with Crippen LogP contribution in [0.2, 0.25) is 0 Å². The van der Waals surface area contributed by atoms with E-state index < -0.39 is 0 Å². The van der Waals surface area contributed by atoms with Gasteiger partial charge in [-0.05, 0) is 25.0 Å². The lowest BCUT2D eigenvalue weighted by Crippen LogP contribution is -2.41. The van der Waals surface area contributed by atoms with E-state index in [4.69, 9.17) is 0 Å². The smallest absolute Gasteiger partial charge is 0.111 e. The number of rotatable bonds is 13. The molecule has 0 aromatic carbocycles. The molecular weight excluding hydrogens is 254 g/mol. The highest BCUT2D eigenvalue weighted by Crippen LogP contribution is 2.13. The largest absolute Gasteiger partial charge is 0.324 e. The summed E-state index contributed by atoms with van der Waals surface area (Å²) in [7, 11) is 4.68. The van der Waals surface area contributed by atoms with Crippen LogP contribution < -0.4 is 0 Å². The molecule has 0 bridgehead atoms. The summed E-state index contributed by atoms with van der Waals surface area (Å²) in [6.07, 6.45) is 20.5. The van der Waals surface area contributed by atoms with Crippen LogP contribution >= 0.6 is 0 Å². The minimum absolute atomic E-state index is 1.09. The zero-order chi connectivity index (χ0) is 15.4. The Morgan fingerprint density at radius 3 is 1.95 bits per heavy atom. The standard InChI is InChI=1S/C20H36N/c1-4-5-6-7-8-9-10-11-12-15-18-21(2,3)19-20-16-13-14-17-20/h13-14,16H,4-12,15,18-19H2,1-3H3/q+1. The molecule has 0 aliphatic heterocycles. The summed E-state index contributed by atoms with van der Waals surface area (Å²) in [4.78, 5) is 0. The fraction of sp³-hybridized carbons (Fsp3) is 0.750. The maximum atomic E-state index is 3.32. The van der Waals surface area contributed by atoms with Crippen molar-refractivity contribution in [3.8, 4) is 0 Å². The highest BCUT2D eigenvalue weighted by atomic mass is 15.3. The van der Waals surface area contributed by atoms with Gasteiger partial charge in [-0.25, -0.2) is 0 Å². The van der Waals surface area contributed by atoms with Crippen molar-refractivity contribution in [1.82, 2.24) is 0 Å². The molecule has 1 aliphatic rings. The summed E-state index contributed by atoms with van der Waals surface area (Å²) in [6.45, 7) is 4.69. The van der Waals surface area contributed by atoms with Gasteiger partial charge in [0, 0.05) is 5.57 Å². The van der Waals surface area contributed by atoms with Crippen molar-refractivity contribution in [2.45, 2.75) is 71.1 Å². The Morgan fingerprint density at radius 1 is 0.857 bits per heavy atom. The number of nitrogens with zero attached hydrogens (tertiary/aromatic N) is 1. The van der Waals surface area contributed by atoms with E-state index in [2.05, 4.69) is 38.9 Å². The van der Waals surface area contributed by atoms with Crippen molar-refractivity contribution in [3.05, 3.63) is 29.5 Å². The van der Waals surface area contributed by atoms with Crippen molar-refractivity contribution in [1.29, 1.82) is 0 Å². The molecule has 0 unspecified atom stereocenters. The Hall–Kier alpha value is -0.780. The van der Waals surface area contributed by atoms with Crippen molar-refractivity contribution < 1.29 is 4.48 Å². The van der Waals surface area contributed by atoms with Gasteiger partial charge in [-0.1, -0.05) is 64.4 Å². The van der Waals surface area contributed by atoms with E-state index in [1.165, 1.54) is 76.3 Å². The Bertz CT molecular complexity index is 356. The van der Waals surface area contributed by atoms with Crippen LogP contribution in [0.3, 0.4) is 0 Å². The molecule has 120 valence electrons. The van der Waals surface area contributed by atoms with Gasteiger partial charge in [0.15, 0.2) is 0 Å². The van der Waals surface area contributed by atoms with E-state index in [1.54, 1.807) is 0 Å². The van der Waals surface area contributed by atoms with Crippen LogP contribution in [0.1, 0.15) is 71.1 Å². The summed E-state index contributed by atoms with van der Waals surface area (Å²) in [5, 5.41) is 0. The van der Waals surface area contributed by atoms with Gasteiger partial charge in [-0.15, -0.1) is 5.73 Å². The first-order valence-corrected chi connectivity index (χ1v) is 9.08. The topological polar surface area (TPSA) is 0 Å². The predicted molar refractivity (Wildman–Crippen MR) is 94.4 cm³/mol. The summed E-state index contributed by atoms with van der Waals surface area (Å²) in [5.74, 6) is 0. The van der Waals surface area contributed by atoms with Crippen LogP contribution in [0.5, 0.6) is 0 Å². The van der Waals surface area contributed by atoms with E-state index in [-0.39, 0.29) is 0 Å². The number of quaternary nitrogens is 1. The highest BCUT2D eigenvalue weighted by molar-refractivity contribution is 5.29. The summed E-state index contributed by atoms with van der Waals surface area (Å²) in [6, 6.07) is 0. The average Bonchev–Trinajstić information content (AvgIpc) is 2.93. The maximum absolute atomic E-state index is 3.32. The minimum Gasteiger partial charge on any atom is -0.324 e. The highest BCUT2D eigenvalue weighted by Gasteiger charge is 2.16. The lowest BCUT2D eigenvalue weighted by Gasteiger charge is -2.29. The molecule has 21 heavy (non-hydrogen) atoms. The molecule has 1 nitrogen and oxygen atoms in total. The van der Waals surface area contributed by atoms with Gasteiger partial charge in [0.05, 0.1) is 20.6 Å². The van der Waals surface area contributed by atoms with Crippen LogP contribution in [-0.4, -0.2) is 31.7 Å². The van der Waals surface area contributed by atoms with Crippen LogP contribution in [-0.2, 0) is 0 Å². The van der Waals surface area contributed by atoms with Gasteiger partial charge in [-0.2, -0.15) is 0 Å². The van der Waals surface area contributed by atoms with E-state index in [0.29, 0.717) is 0 Å². The fourth-order valence-corrected chi connectivity index (χ4v) is 3.03. The molecule has 0 aromatic heterocycles. The molecule has 0 fully saturated rings. The number of hydrogen-bond acceptors (Lipinski definition) is 0. The van der Waals surface area contributed by atoms with Crippen LogP contribution in [0.25, 0.3) is 0 Å². The minimum atomic E-state index is 1.09. The first kappa shape index (κ1) is 18.3. The third-order valence-corrected chi connectivity index (χ3v) is 4.38. The fourth-order valence-electron chi connectivity index (χ4n) is 3.03. The van der Waals surface area contributed by atoms with E-state index in [0.717, 1.165) is 11.0 Å². The first-order valence-electron chi connectivity index (χ1n) is 9.08. The molecule has 0 amide bonds. The van der Waals surface area contributed by atoms with Crippen molar-refractivity contribution in [2.24, 2.45) is 0 Å². The van der Waals surface area contributed by atoms with Crippen LogP contribution in [0, 0.1) is 0 Å². The lowest BCUT2D eigenvalue weighted by molar-refractivity contribution is -0.885. The molecule has 1 aliphatic carbocycles. The van der Waals surface area contributed by atoms with Crippen molar-refractivity contribution >= 4 is 0 Å². The summed E-state index contributed by atoms with van der Waals surface area (Å²) < 4.78 is 1.09. The first-order chi connectivity index (χ1) is 10.1. The molecule has 0 aromatic rings. The molecule has 0 saturated heterocycles. The molecular formula is C20H36N+. The molecule has 1 rings (SSSR count). The number of likely N-dealkylation sites (N-methyl/N-ethyl adjacent to an activating group) is 1. The zero-order valence-electron chi connectivity index (χ0n) is 14.7. The molecule has 0 saturated carbocycles. The van der Waals surface area contributed by atoms with Crippen LogP contribution in [0.4, 0.5) is 0 Å². The van der Waals surface area contributed by atoms with Gasteiger partial charge in [0.25, 0.3) is 0 Å². The molecule has 0 N–H and O–H groups in total. The Balaban J connectivity index is 1.93. The van der Waals surface area contributed by atoms with Gasteiger partial charge >= 0.3 is 0 Å². The number of allylic oxidation sites excluding steroid dienone is 1. The maximum Gasteiger partial charge on any atom is 0.111 e. The molecule has 0 radical (unpaired) electrons. The quantitative estimate of drug-likeness (QED) is 0.234. The van der Waals surface area contributed by atoms with E-state index >= 15 is 0 Å². The van der Waals surface area contributed by atoms with E-state index in [9.17, 15) is 0 Å². The second-order valence-corrected chi connectivity index (χ2v) is 7.19. The SMILES string of the molecule is CCCCCCCCCCCC[N+](C)(C)CC1=C=CC=C1. The predicted octanol–water partition coefficient (Wildman–Crippen LogP) is 5.64. The van der Waals surface area contributed by atoms with Gasteiger partial charge in [0.1, 0.15) is 6.54 Å². The van der Waals surface area contributed by atoms with Gasteiger partial charge in [0.2, 0.25) is 0 Å². The van der Waals surface area contributed by atoms with Gasteiger partial charge < -0.3 is 4.48 Å². The Labute approximate surface area is 133 Å². The molecule has 0 spiro atoms. The third kappa shape index (κ3) is 9.72. The number of unbranched alkanes of at least 4 members (excludes halogenated alkanes) is 9. The monoisotopic (exact) mass is 290 g/mol. The molecule has 1 heteroatoms. The Kier molecular flexibility index (Phi) is 9.46. The van der Waals surface area contributed by atoms with Crippen molar-refractivity contribution in [2.75, 3.05) is 27.2 Å². The second kappa shape index (κ2) is 10.9. The summed E-state index contributed by atoms with van der Waals surface area (Å²) >= 11 is 0. The van der Waals surface area contributed by atoms with Crippen LogP contribution in [0.15, 0.2) is 29.5 Å². The number of hydrogen-bond donors (Lipinski definition) is 0.